The van der Waals surface area contributed by atoms with Crippen molar-refractivity contribution >= 4 is 33.7 Å². The lowest BCUT2D eigenvalue weighted by Crippen LogP contribution is -2.13. The number of pyridine rings is 2. The molecule has 9 heteroatoms. The molecule has 5 aromatic heterocycles. The van der Waals surface area contributed by atoms with Crippen LogP contribution >= 0.6 is 0 Å². The van der Waals surface area contributed by atoms with Crippen LogP contribution in [0.15, 0.2) is 71.9 Å². The molecule has 1 fully saturated rings. The molecule has 35 heavy (non-hydrogen) atoms. The number of carbonyl (C=O) groups is 1. The van der Waals surface area contributed by atoms with Gasteiger partial charge in [0.1, 0.15) is 5.69 Å². The molecular weight excluding hydrogens is 442 g/mol. The lowest BCUT2D eigenvalue weighted by Gasteiger charge is -2.06. The fourth-order valence-corrected chi connectivity index (χ4v) is 4.30. The summed E-state index contributed by atoms with van der Waals surface area (Å²) in [4.78, 5) is 29.3. The molecule has 1 amide bonds. The van der Waals surface area contributed by atoms with E-state index >= 15 is 0 Å². The summed E-state index contributed by atoms with van der Waals surface area (Å²) in [7, 11) is 0. The van der Waals surface area contributed by atoms with Gasteiger partial charge in [0.2, 0.25) is 5.91 Å². The second-order valence-corrected chi connectivity index (χ2v) is 8.72. The number of aromatic nitrogens is 6. The van der Waals surface area contributed by atoms with Gasteiger partial charge in [0.05, 0.1) is 40.8 Å². The van der Waals surface area contributed by atoms with Crippen LogP contribution in [0.25, 0.3) is 55.8 Å². The fourth-order valence-electron chi connectivity index (χ4n) is 4.30. The molecular formula is C26H19N7O2. The van der Waals surface area contributed by atoms with E-state index in [4.69, 9.17) is 9.40 Å². The van der Waals surface area contributed by atoms with Crippen LogP contribution in [0, 0.1) is 5.92 Å². The zero-order valence-corrected chi connectivity index (χ0v) is 18.4. The number of H-pyrrole nitrogens is 2. The molecule has 3 N–H and O–H groups in total. The van der Waals surface area contributed by atoms with E-state index in [-0.39, 0.29) is 11.8 Å². The number of fused-ring (bicyclic) bond motifs is 2. The highest BCUT2D eigenvalue weighted by atomic mass is 16.3. The van der Waals surface area contributed by atoms with Crippen LogP contribution in [0.5, 0.6) is 0 Å². The molecule has 170 valence electrons. The van der Waals surface area contributed by atoms with Crippen molar-refractivity contribution in [2.24, 2.45) is 5.92 Å². The molecule has 0 saturated heterocycles. The second kappa shape index (κ2) is 7.63. The molecule has 0 bridgehead atoms. The molecule has 5 heterocycles. The molecule has 0 aliphatic heterocycles. The maximum Gasteiger partial charge on any atom is 0.227 e. The van der Waals surface area contributed by atoms with Crippen molar-refractivity contribution < 1.29 is 9.21 Å². The number of rotatable bonds is 5. The van der Waals surface area contributed by atoms with Crippen molar-refractivity contribution in [3.05, 3.63) is 67.5 Å². The standard InChI is InChI=1S/C26H19N7O2/c34-26(14-4-5-14)29-18-8-16(10-27-12-18)17-9-20-23(32-33-24(20)28-11-17)25-30-21-3-1-2-19(22(21)31-25)15-6-7-35-13-15/h1-3,6-14H,4-5H2,(H,29,34)(H,30,31)(H,28,32,33). The Hall–Kier alpha value is -4.79. The van der Waals surface area contributed by atoms with Crippen LogP contribution < -0.4 is 5.32 Å². The number of benzene rings is 1. The Morgan fingerprint density at radius 2 is 1.97 bits per heavy atom. The first-order valence-electron chi connectivity index (χ1n) is 11.3. The Kier molecular flexibility index (Phi) is 4.28. The molecule has 1 saturated carbocycles. The summed E-state index contributed by atoms with van der Waals surface area (Å²) < 4.78 is 5.26. The smallest absolute Gasteiger partial charge is 0.227 e. The largest absolute Gasteiger partial charge is 0.472 e. The zero-order chi connectivity index (χ0) is 23.4. The number of nitrogens with zero attached hydrogens (tertiary/aromatic N) is 4. The molecule has 1 aliphatic carbocycles. The minimum Gasteiger partial charge on any atom is -0.472 e. The molecule has 1 aromatic carbocycles. The minimum atomic E-state index is 0.0503. The number of nitrogens with one attached hydrogen (secondary N) is 3. The monoisotopic (exact) mass is 461 g/mol. The summed E-state index contributed by atoms with van der Waals surface area (Å²) in [5, 5.41) is 11.2. The van der Waals surface area contributed by atoms with Gasteiger partial charge >= 0.3 is 0 Å². The van der Waals surface area contributed by atoms with Crippen molar-refractivity contribution in [1.82, 2.24) is 30.1 Å². The lowest BCUT2D eigenvalue weighted by atomic mass is 10.1. The number of furan rings is 1. The Bertz CT molecular complexity index is 1710. The van der Waals surface area contributed by atoms with Gasteiger partial charge in [-0.05, 0) is 37.1 Å². The molecule has 0 atom stereocenters. The molecule has 1 aliphatic rings. The van der Waals surface area contributed by atoms with Gasteiger partial charge in [0.25, 0.3) is 0 Å². The summed E-state index contributed by atoms with van der Waals surface area (Å²) >= 11 is 0. The molecule has 9 nitrogen and oxygen atoms in total. The van der Waals surface area contributed by atoms with E-state index in [9.17, 15) is 4.79 Å². The summed E-state index contributed by atoms with van der Waals surface area (Å²) in [5.41, 5.74) is 7.44. The highest BCUT2D eigenvalue weighted by Gasteiger charge is 2.29. The van der Waals surface area contributed by atoms with Crippen LogP contribution in [0.3, 0.4) is 0 Å². The molecule has 0 spiro atoms. The highest BCUT2D eigenvalue weighted by molar-refractivity contribution is 5.97. The van der Waals surface area contributed by atoms with E-state index in [0.717, 1.165) is 57.2 Å². The minimum absolute atomic E-state index is 0.0503. The second-order valence-electron chi connectivity index (χ2n) is 8.72. The third-order valence-electron chi connectivity index (χ3n) is 6.28. The number of carbonyl (C=O) groups excluding carboxylic acids is 1. The van der Waals surface area contributed by atoms with Crippen LogP contribution in [-0.2, 0) is 4.79 Å². The molecule has 0 unspecified atom stereocenters. The summed E-state index contributed by atoms with van der Waals surface area (Å²) in [6.07, 6.45) is 10.4. The number of para-hydroxylation sites is 1. The number of anilines is 1. The SMILES string of the molecule is O=C(Nc1cncc(-c2cnc3n[nH]c(-c4nc5c(-c6ccoc6)cccc5[nH]4)c3c2)c1)C1CC1. The number of amides is 1. The summed E-state index contributed by atoms with van der Waals surface area (Å²) in [6, 6.07) is 11.8. The Morgan fingerprint density at radius 3 is 2.83 bits per heavy atom. The van der Waals surface area contributed by atoms with E-state index in [1.165, 1.54) is 0 Å². The summed E-state index contributed by atoms with van der Waals surface area (Å²) in [5.74, 6) is 0.846. The van der Waals surface area contributed by atoms with Gasteiger partial charge in [-0.25, -0.2) is 9.97 Å². The van der Waals surface area contributed by atoms with Crippen LogP contribution in [-0.4, -0.2) is 36.0 Å². The molecule has 6 aromatic rings. The van der Waals surface area contributed by atoms with Crippen molar-refractivity contribution in [1.29, 1.82) is 0 Å². The first-order chi connectivity index (χ1) is 17.2. The van der Waals surface area contributed by atoms with E-state index < -0.39 is 0 Å². The van der Waals surface area contributed by atoms with Gasteiger partial charge < -0.3 is 14.7 Å². The van der Waals surface area contributed by atoms with Crippen LogP contribution in [0.2, 0.25) is 0 Å². The fraction of sp³-hybridized carbons (Fsp3) is 0.115. The summed E-state index contributed by atoms with van der Waals surface area (Å²) in [6.45, 7) is 0. The van der Waals surface area contributed by atoms with Crippen molar-refractivity contribution in [3.8, 4) is 33.8 Å². The van der Waals surface area contributed by atoms with E-state index in [1.807, 2.05) is 36.4 Å². The third-order valence-corrected chi connectivity index (χ3v) is 6.28. The predicted molar refractivity (Wildman–Crippen MR) is 131 cm³/mol. The maximum atomic E-state index is 12.2. The Labute approximate surface area is 198 Å². The average molecular weight is 461 g/mol. The van der Waals surface area contributed by atoms with Crippen molar-refractivity contribution in [2.75, 3.05) is 5.32 Å². The van der Waals surface area contributed by atoms with Crippen LogP contribution in [0.4, 0.5) is 5.69 Å². The number of hydrogen-bond acceptors (Lipinski definition) is 6. The number of imidazole rings is 1. The van der Waals surface area contributed by atoms with Gasteiger partial charge in [0.15, 0.2) is 11.5 Å². The first kappa shape index (κ1) is 19.7. The molecule has 7 rings (SSSR count). The third kappa shape index (κ3) is 3.45. The zero-order valence-electron chi connectivity index (χ0n) is 18.4. The van der Waals surface area contributed by atoms with Gasteiger partial charge in [-0.1, -0.05) is 12.1 Å². The van der Waals surface area contributed by atoms with Gasteiger partial charge in [-0.2, -0.15) is 5.10 Å². The van der Waals surface area contributed by atoms with Crippen molar-refractivity contribution in [2.45, 2.75) is 12.8 Å². The normalized spacial score (nSPS) is 13.5. The Morgan fingerprint density at radius 1 is 1.06 bits per heavy atom. The topological polar surface area (TPSA) is 125 Å². The van der Waals surface area contributed by atoms with Gasteiger partial charge in [-0.15, -0.1) is 0 Å². The number of aromatic amines is 2. The quantitative estimate of drug-likeness (QED) is 0.325. The predicted octanol–water partition coefficient (Wildman–Crippen LogP) is 5.17. The van der Waals surface area contributed by atoms with Gasteiger partial charge in [0, 0.05) is 40.6 Å². The highest BCUT2D eigenvalue weighted by Crippen LogP contribution is 2.33. The lowest BCUT2D eigenvalue weighted by molar-refractivity contribution is -0.117. The van der Waals surface area contributed by atoms with Gasteiger partial charge in [-0.3, -0.25) is 14.9 Å². The Balaban J connectivity index is 1.29. The molecule has 0 radical (unpaired) electrons. The van der Waals surface area contributed by atoms with E-state index in [2.05, 4.69) is 30.5 Å². The average Bonchev–Trinajstić information content (AvgIpc) is 3.26. The van der Waals surface area contributed by atoms with Crippen LogP contribution in [0.1, 0.15) is 12.8 Å². The van der Waals surface area contributed by atoms with Crippen molar-refractivity contribution in [3.63, 3.8) is 0 Å². The number of hydrogen-bond donors (Lipinski definition) is 3. The maximum absolute atomic E-state index is 12.2. The first-order valence-corrected chi connectivity index (χ1v) is 11.3. The van der Waals surface area contributed by atoms with E-state index in [1.54, 1.807) is 31.1 Å². The van der Waals surface area contributed by atoms with E-state index in [0.29, 0.717) is 17.2 Å².